The SMILES string of the molecule is CNC(=O)[C@@](SC(c1ccccc1)(c1ccccc1)c1ccccc1)(N(C(=O)CCCCN)C(=O)[C@@H](N)CC(C)C)C(C)(C)C. The lowest BCUT2D eigenvalue weighted by atomic mass is 9.82. The van der Waals surface area contributed by atoms with Crippen molar-refractivity contribution in [2.75, 3.05) is 13.6 Å². The fourth-order valence-electron chi connectivity index (χ4n) is 5.87. The van der Waals surface area contributed by atoms with E-state index in [2.05, 4.69) is 5.32 Å². The highest BCUT2D eigenvalue weighted by Crippen LogP contribution is 2.59. The van der Waals surface area contributed by atoms with E-state index in [1.165, 1.54) is 16.7 Å². The molecule has 0 aromatic heterocycles. The Morgan fingerprint density at radius 1 is 0.800 bits per heavy atom. The van der Waals surface area contributed by atoms with E-state index in [-0.39, 0.29) is 12.3 Å². The van der Waals surface area contributed by atoms with Crippen LogP contribution in [0.2, 0.25) is 0 Å². The number of unbranched alkanes of at least 4 members (excludes halogenated alkanes) is 1. The first kappa shape index (κ1) is 36.0. The molecular formula is C37H50N4O3S. The molecule has 0 fully saturated rings. The second-order valence-electron chi connectivity index (χ2n) is 12.9. The predicted molar refractivity (Wildman–Crippen MR) is 185 cm³/mol. The van der Waals surface area contributed by atoms with Crippen LogP contribution < -0.4 is 16.8 Å². The molecule has 45 heavy (non-hydrogen) atoms. The fourth-order valence-corrected chi connectivity index (χ4v) is 7.86. The van der Waals surface area contributed by atoms with Gasteiger partial charge in [0.1, 0.15) is 0 Å². The summed E-state index contributed by atoms with van der Waals surface area (Å²) in [6.45, 7) is 10.1. The van der Waals surface area contributed by atoms with Crippen LogP contribution >= 0.6 is 11.8 Å². The summed E-state index contributed by atoms with van der Waals surface area (Å²) in [5.74, 6) is -1.35. The molecule has 0 aliphatic rings. The van der Waals surface area contributed by atoms with Gasteiger partial charge in [0.05, 0.1) is 10.8 Å². The first-order valence-corrected chi connectivity index (χ1v) is 16.6. The molecule has 0 radical (unpaired) electrons. The average molecular weight is 631 g/mol. The Morgan fingerprint density at radius 2 is 1.24 bits per heavy atom. The monoisotopic (exact) mass is 630 g/mol. The highest BCUT2D eigenvalue weighted by molar-refractivity contribution is 8.02. The Bertz CT molecular complexity index is 1300. The molecule has 5 N–H and O–H groups in total. The summed E-state index contributed by atoms with van der Waals surface area (Å²) < 4.78 is -1.03. The van der Waals surface area contributed by atoms with Crippen LogP contribution in [0, 0.1) is 11.3 Å². The van der Waals surface area contributed by atoms with Gasteiger partial charge in [-0.1, -0.05) is 126 Å². The minimum atomic E-state index is -1.74. The van der Waals surface area contributed by atoms with Gasteiger partial charge in [-0.3, -0.25) is 19.3 Å². The van der Waals surface area contributed by atoms with E-state index in [4.69, 9.17) is 11.5 Å². The normalized spacial score (nSPS) is 14.0. The summed E-state index contributed by atoms with van der Waals surface area (Å²) >= 11 is 1.32. The van der Waals surface area contributed by atoms with Crippen LogP contribution in [-0.2, 0) is 19.1 Å². The fraction of sp³-hybridized carbons (Fsp3) is 0.432. The zero-order valence-corrected chi connectivity index (χ0v) is 28.4. The third kappa shape index (κ3) is 7.68. The smallest absolute Gasteiger partial charge is 0.257 e. The number of carbonyl (C=O) groups excluding carboxylic acids is 3. The largest absolute Gasteiger partial charge is 0.356 e. The van der Waals surface area contributed by atoms with Crippen LogP contribution in [0.3, 0.4) is 0 Å². The molecule has 0 saturated heterocycles. The van der Waals surface area contributed by atoms with Gasteiger partial charge in [0, 0.05) is 18.9 Å². The molecule has 8 heteroatoms. The van der Waals surface area contributed by atoms with Crippen LogP contribution in [0.25, 0.3) is 0 Å². The minimum Gasteiger partial charge on any atom is -0.356 e. The molecule has 0 heterocycles. The number of likely N-dealkylation sites (N-methyl/N-ethyl adjacent to an activating group) is 1. The van der Waals surface area contributed by atoms with Crippen molar-refractivity contribution in [3.8, 4) is 0 Å². The van der Waals surface area contributed by atoms with Gasteiger partial charge in [-0.2, -0.15) is 0 Å². The zero-order valence-electron chi connectivity index (χ0n) is 27.6. The maximum atomic E-state index is 14.7. The predicted octanol–water partition coefficient (Wildman–Crippen LogP) is 6.06. The quantitative estimate of drug-likeness (QED) is 0.113. The van der Waals surface area contributed by atoms with Crippen molar-refractivity contribution in [3.63, 3.8) is 0 Å². The molecular weight excluding hydrogens is 580 g/mol. The molecule has 3 aromatic carbocycles. The number of thioether (sulfide) groups is 1. The summed E-state index contributed by atoms with van der Waals surface area (Å²) in [4.78, 5) is 43.3. The van der Waals surface area contributed by atoms with Crippen molar-refractivity contribution >= 4 is 29.5 Å². The maximum absolute atomic E-state index is 14.7. The molecule has 2 atom stereocenters. The van der Waals surface area contributed by atoms with Crippen LogP contribution in [0.5, 0.6) is 0 Å². The van der Waals surface area contributed by atoms with Crippen molar-refractivity contribution in [1.82, 2.24) is 10.2 Å². The number of amides is 3. The molecule has 0 bridgehead atoms. The van der Waals surface area contributed by atoms with Gasteiger partial charge < -0.3 is 16.8 Å². The molecule has 0 aliphatic heterocycles. The maximum Gasteiger partial charge on any atom is 0.257 e. The lowest BCUT2D eigenvalue weighted by molar-refractivity contribution is -0.159. The van der Waals surface area contributed by atoms with E-state index in [1.54, 1.807) is 7.05 Å². The number of rotatable bonds is 14. The van der Waals surface area contributed by atoms with E-state index < -0.39 is 38.8 Å². The summed E-state index contributed by atoms with van der Waals surface area (Å²) in [5, 5.41) is 2.86. The molecule has 242 valence electrons. The topological polar surface area (TPSA) is 119 Å². The molecule has 0 saturated carbocycles. The van der Waals surface area contributed by atoms with E-state index in [0.717, 1.165) is 16.7 Å². The summed E-state index contributed by atoms with van der Waals surface area (Å²) in [7, 11) is 1.55. The number of hydrogen-bond donors (Lipinski definition) is 3. The van der Waals surface area contributed by atoms with Gasteiger partial charge in [-0.25, -0.2) is 0 Å². The van der Waals surface area contributed by atoms with Crippen molar-refractivity contribution in [2.24, 2.45) is 22.8 Å². The molecule has 0 unspecified atom stereocenters. The van der Waals surface area contributed by atoms with Crippen molar-refractivity contribution in [3.05, 3.63) is 108 Å². The lowest BCUT2D eigenvalue weighted by Crippen LogP contribution is -2.69. The molecule has 3 amide bonds. The van der Waals surface area contributed by atoms with Gasteiger partial charge in [0.2, 0.25) is 11.8 Å². The highest BCUT2D eigenvalue weighted by Gasteiger charge is 2.62. The molecule has 7 nitrogen and oxygen atoms in total. The van der Waals surface area contributed by atoms with Crippen LogP contribution in [0.15, 0.2) is 91.0 Å². The van der Waals surface area contributed by atoms with Gasteiger partial charge in [0.25, 0.3) is 5.91 Å². The van der Waals surface area contributed by atoms with Crippen LogP contribution in [0.4, 0.5) is 0 Å². The van der Waals surface area contributed by atoms with E-state index in [1.807, 2.05) is 126 Å². The average Bonchev–Trinajstić information content (AvgIpc) is 3.03. The summed E-state index contributed by atoms with van der Waals surface area (Å²) in [6.07, 6.45) is 1.52. The molecule has 3 rings (SSSR count). The molecule has 3 aromatic rings. The second kappa shape index (κ2) is 15.7. The summed E-state index contributed by atoms with van der Waals surface area (Å²) in [6, 6.07) is 28.9. The Morgan fingerprint density at radius 3 is 1.60 bits per heavy atom. The number of benzene rings is 3. The lowest BCUT2D eigenvalue weighted by Gasteiger charge is -2.53. The summed E-state index contributed by atoms with van der Waals surface area (Å²) in [5.41, 5.74) is 14.1. The third-order valence-electron chi connectivity index (χ3n) is 8.07. The van der Waals surface area contributed by atoms with Gasteiger partial charge >= 0.3 is 0 Å². The Hall–Kier alpha value is -3.46. The number of nitrogens with one attached hydrogen (secondary N) is 1. The standard InChI is InChI=1S/C37H50N4O3S/c1-27(2)26-31(39)33(43)41(32(42)24-16-17-25-38)37(34(44)40-6,35(3,4)5)45-36(28-18-10-7-11-19-28,29-20-12-8-13-21-29)30-22-14-9-15-23-30/h7-15,18-23,27,31H,16-17,24-26,38-39H2,1-6H3,(H,40,44)/t31-,37-/m0/s1. The van der Waals surface area contributed by atoms with Crippen molar-refractivity contribution in [2.45, 2.75) is 76.0 Å². The van der Waals surface area contributed by atoms with E-state index in [0.29, 0.717) is 25.8 Å². The number of nitrogens with two attached hydrogens (primary N) is 2. The first-order valence-electron chi connectivity index (χ1n) is 15.8. The number of nitrogens with zero attached hydrogens (tertiary/aromatic N) is 1. The zero-order chi connectivity index (χ0) is 33.3. The highest BCUT2D eigenvalue weighted by atomic mass is 32.2. The first-order chi connectivity index (χ1) is 21.4. The third-order valence-corrected chi connectivity index (χ3v) is 10.4. The molecule has 0 aliphatic carbocycles. The minimum absolute atomic E-state index is 0.0573. The van der Waals surface area contributed by atoms with Crippen LogP contribution in [-0.4, -0.2) is 47.1 Å². The second-order valence-corrected chi connectivity index (χ2v) is 14.3. The van der Waals surface area contributed by atoms with Gasteiger partial charge in [0.15, 0.2) is 4.87 Å². The number of carbonyl (C=O) groups is 3. The Balaban J connectivity index is 2.51. The van der Waals surface area contributed by atoms with Crippen molar-refractivity contribution in [1.29, 1.82) is 0 Å². The van der Waals surface area contributed by atoms with Gasteiger partial charge in [-0.15, -0.1) is 11.8 Å². The van der Waals surface area contributed by atoms with Crippen molar-refractivity contribution < 1.29 is 14.4 Å². The number of hydrogen-bond acceptors (Lipinski definition) is 6. The molecule has 0 spiro atoms. The number of imide groups is 1. The Labute approximate surface area is 273 Å². The Kier molecular flexibility index (Phi) is 12.6. The van der Waals surface area contributed by atoms with Crippen LogP contribution in [0.1, 0.15) is 77.0 Å². The van der Waals surface area contributed by atoms with E-state index in [9.17, 15) is 14.4 Å². The van der Waals surface area contributed by atoms with E-state index >= 15 is 0 Å². The van der Waals surface area contributed by atoms with Gasteiger partial charge in [-0.05, 0) is 48.4 Å².